The number of rotatable bonds is 38. The quantitative estimate of drug-likeness (QED) is 0.0357. The van der Waals surface area contributed by atoms with Crippen molar-refractivity contribution in [3.05, 3.63) is 97.2 Å². The predicted molar refractivity (Wildman–Crippen MR) is 233 cm³/mol. The number of ether oxygens (including phenoxy) is 3. The summed E-state index contributed by atoms with van der Waals surface area (Å²) in [6.07, 6.45) is 58.5. The van der Waals surface area contributed by atoms with Gasteiger partial charge in [0.05, 0.1) is 6.61 Å². The number of carbonyl (C=O) groups is 2. The Kier molecular flexibility index (Phi) is 41.6. The second-order valence-corrected chi connectivity index (χ2v) is 13.8. The van der Waals surface area contributed by atoms with Gasteiger partial charge in [0.1, 0.15) is 6.61 Å². The highest BCUT2D eigenvalue weighted by Gasteiger charge is 2.17. The molecule has 5 heteroatoms. The van der Waals surface area contributed by atoms with E-state index in [2.05, 4.69) is 112 Å². The maximum Gasteiger partial charge on any atom is 0.306 e. The second-order valence-electron chi connectivity index (χ2n) is 13.8. The lowest BCUT2D eigenvalue weighted by molar-refractivity contribution is -0.162. The van der Waals surface area contributed by atoms with E-state index in [-0.39, 0.29) is 31.6 Å². The van der Waals surface area contributed by atoms with Crippen LogP contribution in [0.5, 0.6) is 0 Å². The van der Waals surface area contributed by atoms with Crippen molar-refractivity contribution in [2.24, 2.45) is 0 Å². The average molecular weight is 749 g/mol. The molecular weight excluding hydrogens is 669 g/mol. The third-order valence-corrected chi connectivity index (χ3v) is 8.63. The molecule has 0 saturated heterocycles. The van der Waals surface area contributed by atoms with E-state index in [1.54, 1.807) is 0 Å². The van der Waals surface area contributed by atoms with Gasteiger partial charge in [-0.15, -0.1) is 0 Å². The van der Waals surface area contributed by atoms with Crippen LogP contribution in [-0.4, -0.2) is 37.9 Å². The third-order valence-electron chi connectivity index (χ3n) is 8.63. The standard InChI is InChI=1S/C49H80O5/c1-4-7-10-13-16-19-22-24-25-27-28-30-33-36-39-42-48(50)53-46-47(45-52-44-41-38-35-32-21-18-15-12-9-6-3)54-49(51)43-40-37-34-31-29-26-23-20-17-14-11-8-5-2/h7-8,10-11,16-17,19-20,24-26,28-30,34,37,47H,4-6,9,12-15,18,21-23,27,31-33,35-36,38-46H2,1-3H3/b10-7-,11-8-,19-16-,20-17-,25-24-,29-26-,30-28-,37-34-. The van der Waals surface area contributed by atoms with Gasteiger partial charge in [0, 0.05) is 19.4 Å². The Bertz CT molecular complexity index is 1070. The van der Waals surface area contributed by atoms with Gasteiger partial charge in [-0.2, -0.15) is 0 Å². The van der Waals surface area contributed by atoms with Gasteiger partial charge >= 0.3 is 11.9 Å². The van der Waals surface area contributed by atoms with Crippen LogP contribution in [0.15, 0.2) is 97.2 Å². The zero-order valence-corrected chi connectivity index (χ0v) is 34.9. The van der Waals surface area contributed by atoms with Crippen molar-refractivity contribution in [3.8, 4) is 0 Å². The van der Waals surface area contributed by atoms with Crippen LogP contribution < -0.4 is 0 Å². The molecule has 1 atom stereocenters. The Hall–Kier alpha value is -3.18. The molecule has 0 saturated carbocycles. The highest BCUT2D eigenvalue weighted by molar-refractivity contribution is 5.70. The zero-order valence-electron chi connectivity index (χ0n) is 34.9. The lowest BCUT2D eigenvalue weighted by Gasteiger charge is -2.18. The Morgan fingerprint density at radius 1 is 0.426 bits per heavy atom. The first-order valence-electron chi connectivity index (χ1n) is 21.8. The van der Waals surface area contributed by atoms with Gasteiger partial charge in [-0.3, -0.25) is 9.59 Å². The first kappa shape index (κ1) is 50.8. The molecule has 0 aromatic carbocycles. The van der Waals surface area contributed by atoms with Gasteiger partial charge in [0.15, 0.2) is 6.10 Å². The summed E-state index contributed by atoms with van der Waals surface area (Å²) in [4.78, 5) is 25.1. The molecule has 0 aliphatic rings. The van der Waals surface area contributed by atoms with Crippen LogP contribution in [0.1, 0.15) is 175 Å². The molecule has 0 spiro atoms. The van der Waals surface area contributed by atoms with E-state index in [0.29, 0.717) is 19.4 Å². The summed E-state index contributed by atoms with van der Waals surface area (Å²) in [6.45, 7) is 7.44. The summed E-state index contributed by atoms with van der Waals surface area (Å²) in [6, 6.07) is 0. The van der Waals surface area contributed by atoms with E-state index in [4.69, 9.17) is 14.2 Å². The van der Waals surface area contributed by atoms with E-state index >= 15 is 0 Å². The van der Waals surface area contributed by atoms with Crippen molar-refractivity contribution in [3.63, 3.8) is 0 Å². The molecule has 0 radical (unpaired) electrons. The molecule has 306 valence electrons. The topological polar surface area (TPSA) is 61.8 Å². The summed E-state index contributed by atoms with van der Waals surface area (Å²) >= 11 is 0. The first-order valence-corrected chi connectivity index (χ1v) is 21.8. The fraction of sp³-hybridized carbons (Fsp3) is 0.633. The molecule has 0 heterocycles. The molecule has 0 fully saturated rings. The van der Waals surface area contributed by atoms with Gasteiger partial charge in [0.25, 0.3) is 0 Å². The number of hydrogen-bond donors (Lipinski definition) is 0. The van der Waals surface area contributed by atoms with Gasteiger partial charge in [0.2, 0.25) is 0 Å². The third kappa shape index (κ3) is 41.6. The summed E-state index contributed by atoms with van der Waals surface area (Å²) < 4.78 is 17.2. The summed E-state index contributed by atoms with van der Waals surface area (Å²) in [5.74, 6) is -0.547. The lowest BCUT2D eigenvalue weighted by atomic mass is 10.1. The fourth-order valence-corrected chi connectivity index (χ4v) is 5.45. The average Bonchev–Trinajstić information content (AvgIpc) is 3.17. The van der Waals surface area contributed by atoms with Gasteiger partial charge in [-0.1, -0.05) is 176 Å². The molecule has 5 nitrogen and oxygen atoms in total. The molecule has 0 aliphatic heterocycles. The van der Waals surface area contributed by atoms with Gasteiger partial charge in [-0.05, 0) is 83.5 Å². The lowest BCUT2D eigenvalue weighted by Crippen LogP contribution is -2.30. The molecule has 1 unspecified atom stereocenters. The van der Waals surface area contributed by atoms with Crippen molar-refractivity contribution in [2.45, 2.75) is 181 Å². The minimum absolute atomic E-state index is 0.0312. The van der Waals surface area contributed by atoms with Crippen LogP contribution in [0.3, 0.4) is 0 Å². The van der Waals surface area contributed by atoms with Crippen molar-refractivity contribution >= 4 is 11.9 Å². The minimum Gasteiger partial charge on any atom is -0.462 e. The number of carbonyl (C=O) groups excluding carboxylic acids is 2. The molecule has 0 N–H and O–H groups in total. The molecule has 0 aromatic heterocycles. The van der Waals surface area contributed by atoms with Crippen LogP contribution in [-0.2, 0) is 23.8 Å². The Labute approximate surface area is 332 Å². The van der Waals surface area contributed by atoms with E-state index in [9.17, 15) is 9.59 Å². The van der Waals surface area contributed by atoms with Crippen LogP contribution in [0.25, 0.3) is 0 Å². The van der Waals surface area contributed by atoms with Crippen LogP contribution >= 0.6 is 0 Å². The second kappa shape index (κ2) is 44.2. The van der Waals surface area contributed by atoms with E-state index in [0.717, 1.165) is 83.5 Å². The van der Waals surface area contributed by atoms with Crippen molar-refractivity contribution in [1.29, 1.82) is 0 Å². The van der Waals surface area contributed by atoms with E-state index in [1.165, 1.54) is 51.4 Å². The van der Waals surface area contributed by atoms with Crippen LogP contribution in [0.2, 0.25) is 0 Å². The maximum atomic E-state index is 12.7. The normalized spacial score (nSPS) is 13.2. The van der Waals surface area contributed by atoms with Crippen LogP contribution in [0.4, 0.5) is 0 Å². The number of unbranched alkanes of at least 4 members (excludes halogenated alkanes) is 11. The Balaban J connectivity index is 4.44. The largest absolute Gasteiger partial charge is 0.462 e. The number of esters is 2. The maximum absolute atomic E-state index is 12.7. The van der Waals surface area contributed by atoms with Crippen molar-refractivity contribution in [1.82, 2.24) is 0 Å². The highest BCUT2D eigenvalue weighted by atomic mass is 16.6. The molecule has 54 heavy (non-hydrogen) atoms. The summed E-state index contributed by atoms with van der Waals surface area (Å²) in [7, 11) is 0. The van der Waals surface area contributed by atoms with E-state index < -0.39 is 6.10 Å². The number of allylic oxidation sites excluding steroid dienone is 16. The predicted octanol–water partition coefficient (Wildman–Crippen LogP) is 14.3. The summed E-state index contributed by atoms with van der Waals surface area (Å²) in [5, 5.41) is 0. The molecule has 0 amide bonds. The number of hydrogen-bond acceptors (Lipinski definition) is 5. The molecule has 0 rings (SSSR count). The van der Waals surface area contributed by atoms with Crippen LogP contribution in [0, 0.1) is 0 Å². The molecular formula is C49H80O5. The monoisotopic (exact) mass is 749 g/mol. The zero-order chi connectivity index (χ0) is 39.3. The molecule has 0 bridgehead atoms. The van der Waals surface area contributed by atoms with E-state index in [1.807, 2.05) is 6.08 Å². The Morgan fingerprint density at radius 3 is 1.37 bits per heavy atom. The molecule has 0 aromatic rings. The van der Waals surface area contributed by atoms with Crippen molar-refractivity contribution < 1.29 is 23.8 Å². The fourth-order valence-electron chi connectivity index (χ4n) is 5.45. The first-order chi connectivity index (χ1) is 26.6. The van der Waals surface area contributed by atoms with Gasteiger partial charge in [-0.25, -0.2) is 0 Å². The minimum atomic E-state index is -0.591. The SMILES string of the molecule is CC/C=C\C/C=C\C/C=C\C/C=C\CCCCC(=O)OCC(COCCCCCCCCCCCC)OC(=O)CC/C=C\C/C=C\C/C=C\C/C=C\CC. The Morgan fingerprint density at radius 2 is 0.870 bits per heavy atom. The van der Waals surface area contributed by atoms with Gasteiger partial charge < -0.3 is 14.2 Å². The summed E-state index contributed by atoms with van der Waals surface area (Å²) in [5.41, 5.74) is 0. The van der Waals surface area contributed by atoms with Crippen molar-refractivity contribution in [2.75, 3.05) is 19.8 Å². The molecule has 0 aliphatic carbocycles. The highest BCUT2D eigenvalue weighted by Crippen LogP contribution is 2.11. The smallest absolute Gasteiger partial charge is 0.306 e.